The van der Waals surface area contributed by atoms with Crippen molar-refractivity contribution >= 4 is 28.5 Å². The summed E-state index contributed by atoms with van der Waals surface area (Å²) in [7, 11) is 1.60. The van der Waals surface area contributed by atoms with Crippen LogP contribution in [0.15, 0.2) is 54.6 Å². The van der Waals surface area contributed by atoms with E-state index in [0.29, 0.717) is 15.7 Å². The number of nitrogens with zero attached hydrogens (tertiary/aromatic N) is 2. The molecule has 5 nitrogen and oxygen atoms in total. The first-order valence-corrected chi connectivity index (χ1v) is 8.19. The van der Waals surface area contributed by atoms with E-state index in [-0.39, 0.29) is 5.82 Å². The molecule has 0 radical (unpaired) electrons. The van der Waals surface area contributed by atoms with Gasteiger partial charge in [0, 0.05) is 17.2 Å². The maximum Gasteiger partial charge on any atom is 0.250 e. The molecule has 126 valence electrons. The van der Waals surface area contributed by atoms with E-state index in [1.165, 1.54) is 29.6 Å². The molecule has 0 aliphatic carbocycles. The zero-order valence-corrected chi connectivity index (χ0v) is 14.1. The fraction of sp³-hybridized carbons (Fsp3) is 0.0556. The van der Waals surface area contributed by atoms with Crippen LogP contribution in [0.2, 0.25) is 0 Å². The quantitative estimate of drug-likeness (QED) is 0.703. The summed E-state index contributed by atoms with van der Waals surface area (Å²) in [5, 5.41) is 11.7. The number of amides is 1. The number of carbonyl (C=O) groups excluding carboxylic acids is 1. The Balaban J connectivity index is 1.66. The maximum atomic E-state index is 13.5. The molecule has 2 aromatic carbocycles. The van der Waals surface area contributed by atoms with Crippen molar-refractivity contribution < 1.29 is 13.9 Å². The summed E-state index contributed by atoms with van der Waals surface area (Å²) in [6.07, 6.45) is 2.67. The average Bonchev–Trinajstić information content (AvgIpc) is 3.09. The van der Waals surface area contributed by atoms with E-state index in [4.69, 9.17) is 4.74 Å². The van der Waals surface area contributed by atoms with Crippen molar-refractivity contribution in [3.05, 3.63) is 66.0 Å². The van der Waals surface area contributed by atoms with Gasteiger partial charge >= 0.3 is 0 Å². The number of benzene rings is 2. The lowest BCUT2D eigenvalue weighted by Crippen LogP contribution is -2.07. The van der Waals surface area contributed by atoms with Crippen molar-refractivity contribution in [2.24, 2.45) is 0 Å². The summed E-state index contributed by atoms with van der Waals surface area (Å²) in [5.41, 5.74) is 1.22. The Morgan fingerprint density at radius 3 is 2.64 bits per heavy atom. The monoisotopic (exact) mass is 355 g/mol. The summed E-state index contributed by atoms with van der Waals surface area (Å²) in [6, 6.07) is 13.6. The van der Waals surface area contributed by atoms with Crippen molar-refractivity contribution in [2.45, 2.75) is 0 Å². The first-order chi connectivity index (χ1) is 12.2. The van der Waals surface area contributed by atoms with E-state index in [2.05, 4.69) is 15.5 Å². The molecule has 1 aromatic heterocycles. The van der Waals surface area contributed by atoms with Gasteiger partial charge in [-0.1, -0.05) is 29.5 Å². The number of methoxy groups -OCH3 is 1. The number of ether oxygens (including phenoxy) is 1. The molecule has 0 unspecified atom stereocenters. The van der Waals surface area contributed by atoms with Gasteiger partial charge in [0.25, 0.3) is 0 Å². The molecule has 3 rings (SSSR count). The van der Waals surface area contributed by atoms with Crippen LogP contribution in [-0.4, -0.2) is 23.2 Å². The van der Waals surface area contributed by atoms with E-state index >= 15 is 0 Å². The minimum atomic E-state index is -0.402. The fourth-order valence-corrected chi connectivity index (χ4v) is 2.80. The lowest BCUT2D eigenvalue weighted by Gasteiger charge is -1.99. The Morgan fingerprint density at radius 1 is 1.16 bits per heavy atom. The van der Waals surface area contributed by atoms with E-state index in [9.17, 15) is 9.18 Å². The minimum Gasteiger partial charge on any atom is -0.497 e. The molecular weight excluding hydrogens is 341 g/mol. The van der Waals surface area contributed by atoms with Crippen molar-refractivity contribution in [1.82, 2.24) is 10.2 Å². The van der Waals surface area contributed by atoms with Gasteiger partial charge in [0.2, 0.25) is 11.0 Å². The molecule has 1 heterocycles. The molecule has 1 N–H and O–H groups in total. The van der Waals surface area contributed by atoms with Gasteiger partial charge < -0.3 is 4.74 Å². The number of halogens is 1. The minimum absolute atomic E-state index is 0.342. The van der Waals surface area contributed by atoms with Crippen molar-refractivity contribution in [3.63, 3.8) is 0 Å². The van der Waals surface area contributed by atoms with Gasteiger partial charge in [-0.25, -0.2) is 4.39 Å². The van der Waals surface area contributed by atoms with Gasteiger partial charge in [0.15, 0.2) is 0 Å². The van der Waals surface area contributed by atoms with Crippen molar-refractivity contribution in [2.75, 3.05) is 12.4 Å². The zero-order chi connectivity index (χ0) is 17.6. The molecule has 0 atom stereocenters. The number of carbonyl (C=O) groups is 1. The number of hydrogen-bond acceptors (Lipinski definition) is 5. The predicted octanol–water partition coefficient (Wildman–Crippen LogP) is 4.00. The van der Waals surface area contributed by atoms with E-state index < -0.39 is 5.91 Å². The molecule has 0 saturated heterocycles. The van der Waals surface area contributed by atoms with Gasteiger partial charge in [-0.2, -0.15) is 0 Å². The van der Waals surface area contributed by atoms with E-state index in [0.717, 1.165) is 11.3 Å². The molecule has 0 aliphatic rings. The second kappa shape index (κ2) is 7.67. The Labute approximate surface area is 147 Å². The number of rotatable bonds is 5. The molecule has 0 aliphatic heterocycles. The summed E-state index contributed by atoms with van der Waals surface area (Å²) >= 11 is 1.25. The Morgan fingerprint density at radius 2 is 1.92 bits per heavy atom. The third-order valence-corrected chi connectivity index (χ3v) is 4.20. The van der Waals surface area contributed by atoms with Gasteiger partial charge in [0.05, 0.1) is 7.11 Å². The van der Waals surface area contributed by atoms with Gasteiger partial charge in [-0.3, -0.25) is 10.1 Å². The molecule has 25 heavy (non-hydrogen) atoms. The van der Waals surface area contributed by atoms with Crippen LogP contribution >= 0.6 is 11.3 Å². The smallest absolute Gasteiger partial charge is 0.250 e. The highest BCUT2D eigenvalue weighted by atomic mass is 32.1. The third-order valence-electron chi connectivity index (χ3n) is 3.31. The normalized spacial score (nSPS) is 10.8. The molecule has 0 bridgehead atoms. The summed E-state index contributed by atoms with van der Waals surface area (Å²) in [6.45, 7) is 0. The molecule has 3 aromatic rings. The third kappa shape index (κ3) is 4.27. The first-order valence-electron chi connectivity index (χ1n) is 7.37. The number of aromatic nitrogens is 2. The number of hydrogen-bond donors (Lipinski definition) is 1. The molecule has 7 heteroatoms. The predicted molar refractivity (Wildman–Crippen MR) is 96.0 cm³/mol. The average molecular weight is 355 g/mol. The Kier molecular flexibility index (Phi) is 5.15. The van der Waals surface area contributed by atoms with Crippen LogP contribution in [0.3, 0.4) is 0 Å². The van der Waals surface area contributed by atoms with Crippen molar-refractivity contribution in [1.29, 1.82) is 0 Å². The number of anilines is 1. The molecule has 0 fully saturated rings. The van der Waals surface area contributed by atoms with Crippen LogP contribution in [-0.2, 0) is 4.79 Å². The highest BCUT2D eigenvalue weighted by molar-refractivity contribution is 7.18. The van der Waals surface area contributed by atoms with Crippen LogP contribution in [0, 0.1) is 5.82 Å². The van der Waals surface area contributed by atoms with E-state index in [1.54, 1.807) is 25.3 Å². The van der Waals surface area contributed by atoms with Crippen LogP contribution in [0.1, 0.15) is 5.56 Å². The molecular formula is C18H14FN3O2S. The molecule has 0 spiro atoms. The van der Waals surface area contributed by atoms with Crippen LogP contribution in [0.4, 0.5) is 9.52 Å². The van der Waals surface area contributed by atoms with Crippen molar-refractivity contribution in [3.8, 4) is 16.3 Å². The lowest BCUT2D eigenvalue weighted by atomic mass is 10.2. The summed E-state index contributed by atoms with van der Waals surface area (Å²) < 4.78 is 18.6. The van der Waals surface area contributed by atoms with Gasteiger partial charge in [0.1, 0.15) is 16.6 Å². The largest absolute Gasteiger partial charge is 0.497 e. The molecule has 1 amide bonds. The topological polar surface area (TPSA) is 64.1 Å². The number of nitrogens with one attached hydrogen (secondary N) is 1. The SMILES string of the molecule is COc1ccc(-c2nnc(NC(=O)/C=C/c3ccccc3F)s2)cc1. The Bertz CT molecular complexity index is 907. The van der Waals surface area contributed by atoms with Gasteiger partial charge in [-0.15, -0.1) is 10.2 Å². The second-order valence-corrected chi connectivity index (χ2v) is 5.96. The van der Waals surface area contributed by atoms with E-state index in [1.807, 2.05) is 24.3 Å². The standard InChI is InChI=1S/C18H14FN3O2S/c1-24-14-9-6-13(7-10-14)17-21-22-18(25-17)20-16(23)11-8-12-4-2-3-5-15(12)19/h2-11H,1H3,(H,20,22,23)/b11-8+. The maximum absolute atomic E-state index is 13.5. The Hall–Kier alpha value is -3.06. The molecule has 0 saturated carbocycles. The lowest BCUT2D eigenvalue weighted by molar-refractivity contribution is -0.111. The van der Waals surface area contributed by atoms with Gasteiger partial charge in [-0.05, 0) is 36.4 Å². The zero-order valence-electron chi connectivity index (χ0n) is 13.3. The highest BCUT2D eigenvalue weighted by Gasteiger charge is 2.08. The van der Waals surface area contributed by atoms with Crippen LogP contribution in [0.25, 0.3) is 16.6 Å². The van der Waals surface area contributed by atoms with Crippen LogP contribution < -0.4 is 10.1 Å². The summed E-state index contributed by atoms with van der Waals surface area (Å²) in [5.74, 6) is -0.0370. The summed E-state index contributed by atoms with van der Waals surface area (Å²) in [4.78, 5) is 11.9. The van der Waals surface area contributed by atoms with Crippen LogP contribution in [0.5, 0.6) is 5.75 Å². The fourth-order valence-electron chi connectivity index (χ4n) is 2.05. The highest BCUT2D eigenvalue weighted by Crippen LogP contribution is 2.27. The second-order valence-electron chi connectivity index (χ2n) is 4.98. The first kappa shape index (κ1) is 16.8.